The highest BCUT2D eigenvalue weighted by atomic mass is 35.5. The number of carbonyl (C=O) groups excluding carboxylic acids is 1. The Balaban J connectivity index is 2.00. The molecule has 0 spiro atoms. The smallest absolute Gasteiger partial charge is 0.257 e. The van der Waals surface area contributed by atoms with Crippen LogP contribution in [0.5, 0.6) is 0 Å². The molecule has 0 bridgehead atoms. The van der Waals surface area contributed by atoms with Gasteiger partial charge in [-0.15, -0.1) is 0 Å². The lowest BCUT2D eigenvalue weighted by molar-refractivity contribution is 0.0978. The Morgan fingerprint density at radius 3 is 2.33 bits per heavy atom. The average molecular weight is 340 g/mol. The number of rotatable bonds is 2. The number of nitrogens with two attached hydrogens (primary N) is 1. The van der Waals surface area contributed by atoms with Gasteiger partial charge in [0.05, 0.1) is 10.0 Å². The number of anilines is 2. The first-order valence-electron chi connectivity index (χ1n) is 5.88. The Kier molecular flexibility index (Phi) is 5.01. The predicted octanol–water partition coefficient (Wildman–Crippen LogP) is 3.70. The molecular formula is C14H11Cl2N3OS. The van der Waals surface area contributed by atoms with Crippen LogP contribution < -0.4 is 16.4 Å². The SMILES string of the molecule is Nc1ccc(NC(=S)NC(=O)c2ccc(Cl)c(Cl)c2)cc1. The van der Waals surface area contributed by atoms with Crippen LogP contribution in [0, 0.1) is 0 Å². The molecule has 4 N–H and O–H groups in total. The van der Waals surface area contributed by atoms with Crippen molar-refractivity contribution < 1.29 is 4.79 Å². The van der Waals surface area contributed by atoms with E-state index in [2.05, 4.69) is 10.6 Å². The Labute approximate surface area is 137 Å². The van der Waals surface area contributed by atoms with E-state index >= 15 is 0 Å². The van der Waals surface area contributed by atoms with E-state index in [4.69, 9.17) is 41.2 Å². The van der Waals surface area contributed by atoms with Crippen molar-refractivity contribution in [2.24, 2.45) is 0 Å². The summed E-state index contributed by atoms with van der Waals surface area (Å²) in [6.45, 7) is 0. The van der Waals surface area contributed by atoms with Crippen molar-refractivity contribution in [2.75, 3.05) is 11.1 Å². The minimum absolute atomic E-state index is 0.177. The molecule has 108 valence electrons. The van der Waals surface area contributed by atoms with Crippen LogP contribution in [0.1, 0.15) is 10.4 Å². The van der Waals surface area contributed by atoms with Crippen molar-refractivity contribution in [3.05, 3.63) is 58.1 Å². The number of carbonyl (C=O) groups is 1. The number of thiocarbonyl (C=S) groups is 1. The Morgan fingerprint density at radius 2 is 1.71 bits per heavy atom. The highest BCUT2D eigenvalue weighted by molar-refractivity contribution is 7.80. The average Bonchev–Trinajstić information content (AvgIpc) is 2.44. The lowest BCUT2D eigenvalue weighted by Crippen LogP contribution is -2.34. The van der Waals surface area contributed by atoms with Crippen molar-refractivity contribution in [2.45, 2.75) is 0 Å². The second-order valence-electron chi connectivity index (χ2n) is 4.16. The van der Waals surface area contributed by atoms with Crippen LogP contribution in [0.4, 0.5) is 11.4 Å². The molecule has 0 heterocycles. The number of hydrogen-bond acceptors (Lipinski definition) is 3. The summed E-state index contributed by atoms with van der Waals surface area (Å²) in [5.41, 5.74) is 7.32. The van der Waals surface area contributed by atoms with E-state index in [9.17, 15) is 4.79 Å². The second kappa shape index (κ2) is 6.76. The molecule has 2 aromatic rings. The molecule has 0 fully saturated rings. The van der Waals surface area contributed by atoms with Gasteiger partial charge in [0.15, 0.2) is 5.11 Å². The summed E-state index contributed by atoms with van der Waals surface area (Å²) in [5, 5.41) is 6.30. The molecule has 2 rings (SSSR count). The van der Waals surface area contributed by atoms with Gasteiger partial charge in [-0.25, -0.2) is 0 Å². The summed E-state index contributed by atoms with van der Waals surface area (Å²) in [6, 6.07) is 11.6. The van der Waals surface area contributed by atoms with E-state index in [-0.39, 0.29) is 11.0 Å². The van der Waals surface area contributed by atoms with Crippen LogP contribution in [0.15, 0.2) is 42.5 Å². The zero-order valence-electron chi connectivity index (χ0n) is 10.7. The van der Waals surface area contributed by atoms with E-state index in [0.717, 1.165) is 5.69 Å². The Morgan fingerprint density at radius 1 is 1.05 bits per heavy atom. The third-order valence-corrected chi connectivity index (χ3v) is 3.52. The lowest BCUT2D eigenvalue weighted by atomic mass is 10.2. The first kappa shape index (κ1) is 15.6. The highest BCUT2D eigenvalue weighted by Gasteiger charge is 2.10. The normalized spacial score (nSPS) is 10.0. The summed E-state index contributed by atoms with van der Waals surface area (Å²) in [6.07, 6.45) is 0. The van der Waals surface area contributed by atoms with Crippen molar-refractivity contribution in [3.8, 4) is 0 Å². The standard InChI is InChI=1S/C14H11Cl2N3OS/c15-11-6-1-8(7-12(11)16)13(20)19-14(21)18-10-4-2-9(17)3-5-10/h1-7H,17H2,(H2,18,19,20,21). The van der Waals surface area contributed by atoms with Crippen LogP contribution in [-0.4, -0.2) is 11.0 Å². The zero-order valence-corrected chi connectivity index (χ0v) is 13.0. The fraction of sp³-hybridized carbons (Fsp3) is 0. The third kappa shape index (κ3) is 4.32. The fourth-order valence-electron chi connectivity index (χ4n) is 1.54. The molecule has 1 amide bonds. The van der Waals surface area contributed by atoms with Gasteiger partial charge in [-0.1, -0.05) is 23.2 Å². The first-order chi connectivity index (χ1) is 9.95. The largest absolute Gasteiger partial charge is 0.399 e. The molecule has 0 aliphatic rings. The maximum Gasteiger partial charge on any atom is 0.257 e. The number of benzene rings is 2. The molecule has 0 aromatic heterocycles. The van der Waals surface area contributed by atoms with Gasteiger partial charge in [-0.2, -0.15) is 0 Å². The number of halogens is 2. The van der Waals surface area contributed by atoms with Gasteiger partial charge >= 0.3 is 0 Å². The van der Waals surface area contributed by atoms with Crippen molar-refractivity contribution in [1.82, 2.24) is 5.32 Å². The van der Waals surface area contributed by atoms with Crippen LogP contribution in [-0.2, 0) is 0 Å². The minimum Gasteiger partial charge on any atom is -0.399 e. The molecule has 0 aliphatic heterocycles. The first-order valence-corrected chi connectivity index (χ1v) is 7.05. The third-order valence-electron chi connectivity index (χ3n) is 2.58. The van der Waals surface area contributed by atoms with Crippen molar-refractivity contribution in [1.29, 1.82) is 0 Å². The summed E-state index contributed by atoms with van der Waals surface area (Å²) >= 11 is 16.7. The van der Waals surface area contributed by atoms with Gasteiger partial charge in [-0.3, -0.25) is 10.1 Å². The zero-order chi connectivity index (χ0) is 15.4. The van der Waals surface area contributed by atoms with Crippen LogP contribution in [0.25, 0.3) is 0 Å². The van der Waals surface area contributed by atoms with Crippen LogP contribution >= 0.6 is 35.4 Å². The fourth-order valence-corrected chi connectivity index (χ4v) is 2.05. The van der Waals surface area contributed by atoms with Gasteiger partial charge in [0, 0.05) is 16.9 Å². The van der Waals surface area contributed by atoms with Crippen LogP contribution in [0.3, 0.4) is 0 Å². The summed E-state index contributed by atoms with van der Waals surface area (Å²) in [7, 11) is 0. The maximum atomic E-state index is 12.0. The number of hydrogen-bond donors (Lipinski definition) is 3. The quantitative estimate of drug-likeness (QED) is 0.576. The summed E-state index contributed by atoms with van der Waals surface area (Å²) in [5.74, 6) is -0.374. The van der Waals surface area contributed by atoms with E-state index < -0.39 is 0 Å². The second-order valence-corrected chi connectivity index (χ2v) is 5.38. The molecule has 4 nitrogen and oxygen atoms in total. The van der Waals surface area contributed by atoms with Crippen LogP contribution in [0.2, 0.25) is 10.0 Å². The summed E-state index contributed by atoms with van der Waals surface area (Å²) < 4.78 is 0. The van der Waals surface area contributed by atoms with Gasteiger partial charge < -0.3 is 11.1 Å². The van der Waals surface area contributed by atoms with E-state index in [0.29, 0.717) is 21.3 Å². The van der Waals surface area contributed by atoms with Crippen molar-refractivity contribution in [3.63, 3.8) is 0 Å². The molecule has 7 heteroatoms. The minimum atomic E-state index is -0.374. The molecule has 0 atom stereocenters. The molecule has 0 saturated heterocycles. The monoisotopic (exact) mass is 339 g/mol. The van der Waals surface area contributed by atoms with Crippen molar-refractivity contribution >= 4 is 57.8 Å². The van der Waals surface area contributed by atoms with E-state index in [1.165, 1.54) is 6.07 Å². The predicted molar refractivity (Wildman–Crippen MR) is 91.0 cm³/mol. The van der Waals surface area contributed by atoms with Gasteiger partial charge in [0.2, 0.25) is 0 Å². The molecule has 0 aliphatic carbocycles. The van der Waals surface area contributed by atoms with Gasteiger partial charge in [0.1, 0.15) is 0 Å². The maximum absolute atomic E-state index is 12.0. The lowest BCUT2D eigenvalue weighted by Gasteiger charge is -2.10. The number of nitrogen functional groups attached to an aromatic ring is 1. The van der Waals surface area contributed by atoms with E-state index in [1.807, 2.05) is 0 Å². The Bertz CT molecular complexity index is 689. The molecule has 21 heavy (non-hydrogen) atoms. The Hall–Kier alpha value is -1.82. The summed E-state index contributed by atoms with van der Waals surface area (Å²) in [4.78, 5) is 12.0. The molecule has 0 radical (unpaired) electrons. The van der Waals surface area contributed by atoms with Gasteiger partial charge in [0.25, 0.3) is 5.91 Å². The number of nitrogens with one attached hydrogen (secondary N) is 2. The molecule has 2 aromatic carbocycles. The number of amides is 1. The van der Waals surface area contributed by atoms with Gasteiger partial charge in [-0.05, 0) is 54.7 Å². The topological polar surface area (TPSA) is 67.2 Å². The molecule has 0 saturated carbocycles. The van der Waals surface area contributed by atoms with E-state index in [1.54, 1.807) is 36.4 Å². The molecular weight excluding hydrogens is 329 g/mol. The molecule has 0 unspecified atom stereocenters. The highest BCUT2D eigenvalue weighted by Crippen LogP contribution is 2.22.